The Hall–Kier alpha value is -2.91. The summed E-state index contributed by atoms with van der Waals surface area (Å²) in [6, 6.07) is 10.1. The lowest BCUT2D eigenvalue weighted by Crippen LogP contribution is -2.17. The van der Waals surface area contributed by atoms with E-state index >= 15 is 0 Å². The minimum absolute atomic E-state index is 0.157. The van der Waals surface area contributed by atoms with Crippen LogP contribution in [0.1, 0.15) is 46.6 Å². The topological polar surface area (TPSA) is 85.6 Å². The molecule has 9 heteroatoms. The Bertz CT molecular complexity index is 1410. The van der Waals surface area contributed by atoms with E-state index in [0.717, 1.165) is 46.9 Å². The molecule has 1 amide bonds. The first kappa shape index (κ1) is 22.9. The molecule has 1 aliphatic rings. The Kier molecular flexibility index (Phi) is 6.31. The van der Waals surface area contributed by atoms with E-state index < -0.39 is 0 Å². The van der Waals surface area contributed by atoms with Crippen molar-refractivity contribution in [3.63, 3.8) is 0 Å². The molecule has 0 saturated heterocycles. The Morgan fingerprint density at radius 3 is 2.94 bits per heavy atom. The number of rotatable bonds is 6. The molecule has 0 bridgehead atoms. The summed E-state index contributed by atoms with van der Waals surface area (Å²) < 4.78 is 7.29. The van der Waals surface area contributed by atoms with E-state index in [1.54, 1.807) is 6.92 Å². The fourth-order valence-corrected chi connectivity index (χ4v) is 6.69. The molecule has 0 spiro atoms. The van der Waals surface area contributed by atoms with E-state index in [1.807, 2.05) is 28.7 Å². The summed E-state index contributed by atoms with van der Waals surface area (Å²) in [6.07, 6.45) is 2.80. The highest BCUT2D eigenvalue weighted by atomic mass is 32.2. The average Bonchev–Trinajstić information content (AvgIpc) is 3.38. The zero-order valence-corrected chi connectivity index (χ0v) is 21.0. The molecule has 4 aromatic rings. The lowest BCUT2D eigenvalue weighted by atomic mass is 9.88. The number of nitrogens with zero attached hydrogens (tertiary/aromatic N) is 3. The number of nitrogens with one attached hydrogen (secondary N) is 1. The second-order valence-electron chi connectivity index (χ2n) is 8.63. The van der Waals surface area contributed by atoms with E-state index in [2.05, 4.69) is 35.4 Å². The fraction of sp³-hybridized carbons (Fsp3) is 0.360. The first-order chi connectivity index (χ1) is 16.5. The number of amides is 1. The summed E-state index contributed by atoms with van der Waals surface area (Å²) in [5, 5.41) is 14.0. The van der Waals surface area contributed by atoms with Crippen molar-refractivity contribution >= 4 is 56.5 Å². The molecule has 1 aromatic carbocycles. The Labute approximate surface area is 205 Å². The van der Waals surface area contributed by atoms with Crippen molar-refractivity contribution in [2.45, 2.75) is 45.2 Å². The number of aryl methyl sites for hydroxylation is 1. The Morgan fingerprint density at radius 2 is 2.12 bits per heavy atom. The molecular formula is C25H26N4O3S2. The van der Waals surface area contributed by atoms with Crippen molar-refractivity contribution in [1.82, 2.24) is 14.6 Å². The molecule has 1 aliphatic carbocycles. The van der Waals surface area contributed by atoms with Crippen LogP contribution < -0.4 is 5.32 Å². The molecule has 0 unspecified atom stereocenters. The van der Waals surface area contributed by atoms with Gasteiger partial charge >= 0.3 is 5.97 Å². The molecule has 1 N–H and O–H groups in total. The van der Waals surface area contributed by atoms with Gasteiger partial charge in [-0.05, 0) is 62.3 Å². The van der Waals surface area contributed by atoms with Gasteiger partial charge in [0.15, 0.2) is 10.8 Å². The van der Waals surface area contributed by atoms with E-state index in [9.17, 15) is 9.59 Å². The van der Waals surface area contributed by atoms with Gasteiger partial charge in [-0.3, -0.25) is 9.20 Å². The molecule has 0 aliphatic heterocycles. The molecule has 0 saturated carbocycles. The Morgan fingerprint density at radius 1 is 1.29 bits per heavy atom. The standard InChI is InChI=1S/C25H26N4O3S2/c1-4-32-24(31)22-17-10-9-14(2)11-19(17)34-23(22)26-21(30)13-33-25-28-27-20-12-15(3)16-7-5-6-8-18(16)29(20)25/h5-8,12,14H,4,9-11,13H2,1-3H3,(H,26,30)/t14-/m1/s1. The number of carbonyl (C=O) groups excluding carboxylic acids is 2. The van der Waals surface area contributed by atoms with Crippen LogP contribution in [0.15, 0.2) is 35.5 Å². The molecular weight excluding hydrogens is 468 g/mol. The molecule has 0 fully saturated rings. The van der Waals surface area contributed by atoms with Crippen molar-refractivity contribution in [2.24, 2.45) is 5.92 Å². The molecule has 7 nitrogen and oxygen atoms in total. The van der Waals surface area contributed by atoms with Gasteiger partial charge in [0.2, 0.25) is 5.91 Å². The quantitative estimate of drug-likeness (QED) is 0.290. The first-order valence-electron chi connectivity index (χ1n) is 11.4. The third kappa shape index (κ3) is 4.18. The van der Waals surface area contributed by atoms with Gasteiger partial charge in [0.05, 0.1) is 23.4 Å². The van der Waals surface area contributed by atoms with Gasteiger partial charge in [-0.25, -0.2) is 4.79 Å². The van der Waals surface area contributed by atoms with Crippen molar-refractivity contribution in [3.05, 3.63) is 51.9 Å². The van der Waals surface area contributed by atoms with Gasteiger partial charge in [-0.2, -0.15) is 0 Å². The SMILES string of the molecule is CCOC(=O)c1c(NC(=O)CSc2nnc3cc(C)c4ccccc4n23)sc2c1CC[C@@H](C)C2. The summed E-state index contributed by atoms with van der Waals surface area (Å²) in [5.41, 5.74) is 4.46. The number of benzene rings is 1. The maximum absolute atomic E-state index is 12.9. The van der Waals surface area contributed by atoms with Crippen LogP contribution in [0.5, 0.6) is 0 Å². The predicted molar refractivity (Wildman–Crippen MR) is 136 cm³/mol. The lowest BCUT2D eigenvalue weighted by molar-refractivity contribution is -0.113. The van der Waals surface area contributed by atoms with Gasteiger partial charge in [0, 0.05) is 10.3 Å². The van der Waals surface area contributed by atoms with Crippen LogP contribution in [0.2, 0.25) is 0 Å². The molecule has 3 aromatic heterocycles. The van der Waals surface area contributed by atoms with Gasteiger partial charge in [0.25, 0.3) is 0 Å². The van der Waals surface area contributed by atoms with Crippen molar-refractivity contribution < 1.29 is 14.3 Å². The number of hydrogen-bond donors (Lipinski definition) is 1. The zero-order chi connectivity index (χ0) is 23.8. The average molecular weight is 495 g/mol. The van der Waals surface area contributed by atoms with Gasteiger partial charge < -0.3 is 10.1 Å². The normalized spacial score (nSPS) is 15.4. The number of fused-ring (bicyclic) bond motifs is 4. The number of carbonyl (C=O) groups is 2. The summed E-state index contributed by atoms with van der Waals surface area (Å²) in [6.45, 7) is 6.37. The number of pyridine rings is 1. The highest BCUT2D eigenvalue weighted by Gasteiger charge is 2.29. The molecule has 3 heterocycles. The number of aromatic nitrogens is 3. The third-order valence-electron chi connectivity index (χ3n) is 6.15. The van der Waals surface area contributed by atoms with Crippen LogP contribution in [-0.4, -0.2) is 38.8 Å². The molecule has 34 heavy (non-hydrogen) atoms. The number of hydrogen-bond acceptors (Lipinski definition) is 7. The summed E-state index contributed by atoms with van der Waals surface area (Å²) in [5.74, 6) is 0.183. The second kappa shape index (κ2) is 9.38. The van der Waals surface area contributed by atoms with E-state index in [1.165, 1.54) is 28.0 Å². The van der Waals surface area contributed by atoms with Crippen molar-refractivity contribution in [3.8, 4) is 0 Å². The highest BCUT2D eigenvalue weighted by molar-refractivity contribution is 7.99. The lowest BCUT2D eigenvalue weighted by Gasteiger charge is -2.18. The van der Waals surface area contributed by atoms with Crippen LogP contribution in [0.4, 0.5) is 5.00 Å². The second-order valence-corrected chi connectivity index (χ2v) is 10.7. The molecule has 176 valence electrons. The van der Waals surface area contributed by atoms with Crippen LogP contribution in [-0.2, 0) is 22.4 Å². The maximum Gasteiger partial charge on any atom is 0.341 e. The zero-order valence-electron chi connectivity index (χ0n) is 19.4. The smallest absolute Gasteiger partial charge is 0.341 e. The number of anilines is 1. The minimum atomic E-state index is -0.359. The van der Waals surface area contributed by atoms with Gasteiger partial charge in [0.1, 0.15) is 5.00 Å². The van der Waals surface area contributed by atoms with Gasteiger partial charge in [-0.15, -0.1) is 21.5 Å². The molecule has 1 atom stereocenters. The minimum Gasteiger partial charge on any atom is -0.462 e. The van der Waals surface area contributed by atoms with Crippen molar-refractivity contribution in [1.29, 1.82) is 0 Å². The number of esters is 1. The van der Waals surface area contributed by atoms with Crippen LogP contribution in [0, 0.1) is 12.8 Å². The number of para-hydroxylation sites is 1. The number of ether oxygens (including phenoxy) is 1. The van der Waals surface area contributed by atoms with Crippen LogP contribution >= 0.6 is 23.1 Å². The largest absolute Gasteiger partial charge is 0.462 e. The molecule has 0 radical (unpaired) electrons. The highest BCUT2D eigenvalue weighted by Crippen LogP contribution is 2.40. The maximum atomic E-state index is 12.9. The number of thiophene rings is 1. The van der Waals surface area contributed by atoms with Gasteiger partial charge in [-0.1, -0.05) is 36.9 Å². The summed E-state index contributed by atoms with van der Waals surface area (Å²) in [4.78, 5) is 26.8. The monoisotopic (exact) mass is 494 g/mol. The number of thioether (sulfide) groups is 1. The van der Waals surface area contributed by atoms with Crippen LogP contribution in [0.3, 0.4) is 0 Å². The fourth-order valence-electron chi connectivity index (χ4n) is 4.52. The predicted octanol–water partition coefficient (Wildman–Crippen LogP) is 5.28. The molecule has 5 rings (SSSR count). The van der Waals surface area contributed by atoms with E-state index in [4.69, 9.17) is 4.74 Å². The van der Waals surface area contributed by atoms with Crippen LogP contribution in [0.25, 0.3) is 16.6 Å². The van der Waals surface area contributed by atoms with E-state index in [-0.39, 0.29) is 17.6 Å². The van der Waals surface area contributed by atoms with Crippen molar-refractivity contribution in [2.75, 3.05) is 17.7 Å². The van der Waals surface area contributed by atoms with E-state index in [0.29, 0.717) is 28.2 Å². The first-order valence-corrected chi connectivity index (χ1v) is 13.2. The Balaban J connectivity index is 1.38. The summed E-state index contributed by atoms with van der Waals surface area (Å²) in [7, 11) is 0. The summed E-state index contributed by atoms with van der Waals surface area (Å²) >= 11 is 2.83. The third-order valence-corrected chi connectivity index (χ3v) is 8.25.